The first-order chi connectivity index (χ1) is 10.4. The van der Waals surface area contributed by atoms with Crippen molar-refractivity contribution in [1.29, 1.82) is 0 Å². The van der Waals surface area contributed by atoms with Gasteiger partial charge in [-0.15, -0.1) is 0 Å². The summed E-state index contributed by atoms with van der Waals surface area (Å²) in [5.41, 5.74) is 2.90. The maximum atomic E-state index is 9.98. The van der Waals surface area contributed by atoms with Crippen molar-refractivity contribution in [3.05, 3.63) is 24.3 Å². The van der Waals surface area contributed by atoms with Crippen LogP contribution in [0.4, 0.5) is 0 Å². The molecule has 2 nitrogen and oxygen atoms in total. The molecule has 0 amide bonds. The van der Waals surface area contributed by atoms with Crippen molar-refractivity contribution < 1.29 is 10.2 Å². The highest BCUT2D eigenvalue weighted by Crippen LogP contribution is 2.61. The Balaban J connectivity index is 2.17. The van der Waals surface area contributed by atoms with E-state index in [1.165, 1.54) is 24.8 Å². The van der Waals surface area contributed by atoms with Crippen LogP contribution in [0.1, 0.15) is 65.2 Å². The molecule has 2 aliphatic carbocycles. The summed E-state index contributed by atoms with van der Waals surface area (Å²) in [6.07, 6.45) is 8.71. The number of hydrogen-bond donors (Lipinski definition) is 2. The molecule has 0 aromatic heterocycles. The second-order valence-corrected chi connectivity index (χ2v) is 8.24. The molecule has 0 bridgehead atoms. The molecule has 2 saturated carbocycles. The lowest BCUT2D eigenvalue weighted by Crippen LogP contribution is -2.51. The van der Waals surface area contributed by atoms with E-state index in [9.17, 15) is 5.11 Å². The number of hydrogen-bond acceptors (Lipinski definition) is 2. The highest BCUT2D eigenvalue weighted by Gasteiger charge is 2.53. The zero-order chi connectivity index (χ0) is 16.4. The Bertz CT molecular complexity index is 427. The number of aliphatic hydroxyl groups excluding tert-OH is 2. The molecule has 2 heteroatoms. The summed E-state index contributed by atoms with van der Waals surface area (Å²) in [6.45, 7) is 13.7. The molecule has 0 unspecified atom stereocenters. The van der Waals surface area contributed by atoms with E-state index in [0.717, 1.165) is 31.3 Å². The molecule has 22 heavy (non-hydrogen) atoms. The van der Waals surface area contributed by atoms with Crippen LogP contribution in [0.2, 0.25) is 0 Å². The first-order valence-electron chi connectivity index (χ1n) is 8.93. The third-order valence-corrected chi connectivity index (χ3v) is 6.76. The fraction of sp³-hybridized carbons (Fsp3) is 0.800. The zero-order valence-electron chi connectivity index (χ0n) is 14.5. The Kier molecular flexibility index (Phi) is 5.55. The summed E-state index contributed by atoms with van der Waals surface area (Å²) in [5, 5.41) is 19.0. The molecular weight excluding hydrogens is 272 g/mol. The zero-order valence-corrected chi connectivity index (χ0v) is 14.5. The van der Waals surface area contributed by atoms with Crippen LogP contribution in [0.3, 0.4) is 0 Å². The van der Waals surface area contributed by atoms with Gasteiger partial charge in [-0.25, -0.2) is 0 Å². The van der Waals surface area contributed by atoms with E-state index in [1.54, 1.807) is 0 Å². The van der Waals surface area contributed by atoms with Gasteiger partial charge < -0.3 is 10.2 Å². The quantitative estimate of drug-likeness (QED) is 0.710. The van der Waals surface area contributed by atoms with Gasteiger partial charge >= 0.3 is 0 Å². The highest BCUT2D eigenvalue weighted by molar-refractivity contribution is 5.17. The van der Waals surface area contributed by atoms with Crippen LogP contribution < -0.4 is 0 Å². The van der Waals surface area contributed by atoms with Crippen LogP contribution in [-0.2, 0) is 0 Å². The van der Waals surface area contributed by atoms with Crippen molar-refractivity contribution in [3.63, 3.8) is 0 Å². The van der Waals surface area contributed by atoms with Crippen LogP contribution >= 0.6 is 0 Å². The summed E-state index contributed by atoms with van der Waals surface area (Å²) < 4.78 is 0. The Labute approximate surface area is 136 Å². The van der Waals surface area contributed by atoms with Crippen molar-refractivity contribution in [2.75, 3.05) is 13.2 Å². The lowest BCUT2D eigenvalue weighted by Gasteiger charge is -2.58. The SMILES string of the molecule is C=C(CCO)CC[C@H]1C(=C)CC[C@H]2[C@](C)(CO)CCC[C@]12C. The molecular formula is C20H34O2. The van der Waals surface area contributed by atoms with E-state index in [0.29, 0.717) is 24.9 Å². The second-order valence-electron chi connectivity index (χ2n) is 8.24. The minimum atomic E-state index is 0.0774. The minimum absolute atomic E-state index is 0.0774. The van der Waals surface area contributed by atoms with Crippen molar-refractivity contribution in [2.45, 2.75) is 65.2 Å². The van der Waals surface area contributed by atoms with E-state index in [4.69, 9.17) is 5.11 Å². The van der Waals surface area contributed by atoms with Gasteiger partial charge in [-0.05, 0) is 67.6 Å². The maximum absolute atomic E-state index is 9.98. The summed E-state index contributed by atoms with van der Waals surface area (Å²) in [4.78, 5) is 0. The van der Waals surface area contributed by atoms with Gasteiger partial charge in [-0.2, -0.15) is 0 Å². The van der Waals surface area contributed by atoms with Gasteiger partial charge in [0.25, 0.3) is 0 Å². The number of rotatable bonds is 6. The van der Waals surface area contributed by atoms with E-state index < -0.39 is 0 Å². The second kappa shape index (κ2) is 6.88. The Morgan fingerprint density at radius 2 is 1.95 bits per heavy atom. The molecule has 2 fully saturated rings. The fourth-order valence-electron chi connectivity index (χ4n) is 5.44. The molecule has 0 radical (unpaired) electrons. The van der Waals surface area contributed by atoms with E-state index >= 15 is 0 Å². The Hall–Kier alpha value is -0.600. The summed E-state index contributed by atoms with van der Waals surface area (Å²) in [6, 6.07) is 0. The summed E-state index contributed by atoms with van der Waals surface area (Å²) >= 11 is 0. The van der Waals surface area contributed by atoms with E-state index in [-0.39, 0.29) is 17.4 Å². The van der Waals surface area contributed by atoms with Gasteiger partial charge in [-0.1, -0.05) is 44.6 Å². The van der Waals surface area contributed by atoms with Crippen LogP contribution in [0.15, 0.2) is 24.3 Å². The Morgan fingerprint density at radius 3 is 2.59 bits per heavy atom. The molecule has 0 aromatic carbocycles. The van der Waals surface area contributed by atoms with Crippen LogP contribution in [0.25, 0.3) is 0 Å². The van der Waals surface area contributed by atoms with Crippen molar-refractivity contribution in [1.82, 2.24) is 0 Å². The number of fused-ring (bicyclic) bond motifs is 1. The fourth-order valence-corrected chi connectivity index (χ4v) is 5.44. The molecule has 0 aliphatic heterocycles. The molecule has 2 aliphatic rings. The molecule has 4 atom stereocenters. The van der Waals surface area contributed by atoms with Gasteiger partial charge in [0.15, 0.2) is 0 Å². The average Bonchev–Trinajstić information content (AvgIpc) is 2.46. The van der Waals surface area contributed by atoms with Gasteiger partial charge in [0, 0.05) is 13.2 Å². The predicted molar refractivity (Wildman–Crippen MR) is 92.6 cm³/mol. The first kappa shape index (κ1) is 17.7. The highest BCUT2D eigenvalue weighted by atomic mass is 16.3. The average molecular weight is 306 g/mol. The molecule has 126 valence electrons. The third kappa shape index (κ3) is 3.19. The van der Waals surface area contributed by atoms with Gasteiger partial charge in [0.2, 0.25) is 0 Å². The minimum Gasteiger partial charge on any atom is -0.396 e. The van der Waals surface area contributed by atoms with E-state index in [2.05, 4.69) is 27.0 Å². The largest absolute Gasteiger partial charge is 0.396 e. The normalized spacial score (nSPS) is 38.6. The van der Waals surface area contributed by atoms with Crippen molar-refractivity contribution in [2.24, 2.45) is 22.7 Å². The Morgan fingerprint density at radius 1 is 1.23 bits per heavy atom. The smallest absolute Gasteiger partial charge is 0.0487 e. The van der Waals surface area contributed by atoms with Gasteiger partial charge in [0.1, 0.15) is 0 Å². The predicted octanol–water partition coefficient (Wildman–Crippen LogP) is 4.48. The monoisotopic (exact) mass is 306 g/mol. The molecule has 2 N–H and O–H groups in total. The molecule has 0 heterocycles. The van der Waals surface area contributed by atoms with Crippen LogP contribution in [0, 0.1) is 22.7 Å². The number of aliphatic hydroxyl groups is 2. The molecule has 0 aromatic rings. The standard InChI is InChI=1S/C20H34O2/c1-15(10-13-21)6-8-17-16(2)7-9-18-19(3,14-22)11-5-12-20(17,18)4/h17-18,21-22H,1-2,5-14H2,3-4H3/t17-,18-,19-,20+/m0/s1. The number of allylic oxidation sites excluding steroid dienone is 1. The molecule has 0 spiro atoms. The topological polar surface area (TPSA) is 40.5 Å². The summed E-state index contributed by atoms with van der Waals surface area (Å²) in [5.74, 6) is 1.13. The van der Waals surface area contributed by atoms with E-state index in [1.807, 2.05) is 0 Å². The molecule has 2 rings (SSSR count). The lowest BCUT2D eigenvalue weighted by atomic mass is 9.47. The van der Waals surface area contributed by atoms with Crippen molar-refractivity contribution >= 4 is 0 Å². The van der Waals surface area contributed by atoms with Crippen LogP contribution in [-0.4, -0.2) is 23.4 Å². The third-order valence-electron chi connectivity index (χ3n) is 6.76. The first-order valence-corrected chi connectivity index (χ1v) is 8.93. The lowest BCUT2D eigenvalue weighted by molar-refractivity contribution is -0.0858. The maximum Gasteiger partial charge on any atom is 0.0487 e. The van der Waals surface area contributed by atoms with Crippen molar-refractivity contribution in [3.8, 4) is 0 Å². The van der Waals surface area contributed by atoms with Gasteiger partial charge in [0.05, 0.1) is 0 Å². The summed E-state index contributed by atoms with van der Waals surface area (Å²) in [7, 11) is 0. The van der Waals surface area contributed by atoms with Gasteiger partial charge in [-0.3, -0.25) is 0 Å². The van der Waals surface area contributed by atoms with Crippen LogP contribution in [0.5, 0.6) is 0 Å². The molecule has 0 saturated heterocycles.